The molecule has 1 aromatic heterocycles. The number of nitrogens with zero attached hydrogens (tertiary/aromatic N) is 2. The first-order valence-corrected chi connectivity index (χ1v) is 7.99. The molecule has 8 heteroatoms. The number of carbonyl (C=O) groups excluding carboxylic acids is 2. The van der Waals surface area contributed by atoms with Crippen molar-refractivity contribution in [3.63, 3.8) is 0 Å². The van der Waals surface area contributed by atoms with Crippen LogP contribution in [0.2, 0.25) is 0 Å². The number of benzene rings is 1. The first kappa shape index (κ1) is 16.9. The highest BCUT2D eigenvalue weighted by Gasteiger charge is 2.34. The van der Waals surface area contributed by atoms with Gasteiger partial charge in [0.25, 0.3) is 0 Å². The number of hydrogen-bond acceptors (Lipinski definition) is 4. The van der Waals surface area contributed by atoms with Gasteiger partial charge in [-0.3, -0.25) is 4.79 Å². The Kier molecular flexibility index (Phi) is 4.97. The number of hydrogen-bond donors (Lipinski definition) is 2. The monoisotopic (exact) mass is 346 g/mol. The van der Waals surface area contributed by atoms with Gasteiger partial charge in [-0.2, -0.15) is 0 Å². The van der Waals surface area contributed by atoms with E-state index >= 15 is 0 Å². The first-order valence-electron chi connectivity index (χ1n) is 7.99. The quantitative estimate of drug-likeness (QED) is 0.826. The number of methoxy groups -OCH3 is 1. The average molecular weight is 346 g/mol. The molecular formula is C17H19FN4O3. The molecule has 0 aliphatic carbocycles. The molecule has 132 valence electrons. The number of halogens is 1. The summed E-state index contributed by atoms with van der Waals surface area (Å²) in [6, 6.07) is 5.34. The maximum Gasteiger partial charge on any atom is 0.318 e. The molecule has 2 N–H and O–H groups in total. The minimum atomic E-state index is -0.483. The summed E-state index contributed by atoms with van der Waals surface area (Å²) < 4.78 is 18.2. The zero-order valence-corrected chi connectivity index (χ0v) is 13.8. The fraction of sp³-hybridized carbons (Fsp3) is 0.353. The highest BCUT2D eigenvalue weighted by atomic mass is 19.1. The molecule has 2 amide bonds. The number of esters is 1. The number of urea groups is 1. The minimum absolute atomic E-state index is 0.0916. The fourth-order valence-corrected chi connectivity index (χ4v) is 2.98. The lowest BCUT2D eigenvalue weighted by molar-refractivity contribution is -0.140. The van der Waals surface area contributed by atoms with Gasteiger partial charge in [0.05, 0.1) is 25.6 Å². The number of nitrogens with one attached hydrogen (secondary N) is 2. The third-order valence-electron chi connectivity index (χ3n) is 4.18. The summed E-state index contributed by atoms with van der Waals surface area (Å²) in [7, 11) is 1.30. The third-order valence-corrected chi connectivity index (χ3v) is 4.18. The molecule has 2 aromatic rings. The molecule has 0 saturated carbocycles. The maximum absolute atomic E-state index is 13.7. The molecule has 1 aliphatic rings. The maximum atomic E-state index is 13.7. The van der Waals surface area contributed by atoms with Gasteiger partial charge in [-0.1, -0.05) is 12.1 Å². The standard InChI is InChI=1S/C17H19FN4O3/c1-25-14(23)5-7-19-17(24)22-8-6-13-15(21-10-20-13)16(22)11-3-2-4-12(18)9-11/h2-4,9-10,16H,5-8H2,1H3,(H,19,24)(H,20,21). The average Bonchev–Trinajstić information content (AvgIpc) is 3.09. The van der Waals surface area contributed by atoms with E-state index < -0.39 is 12.0 Å². The summed E-state index contributed by atoms with van der Waals surface area (Å²) in [6.45, 7) is 0.631. The van der Waals surface area contributed by atoms with E-state index in [9.17, 15) is 14.0 Å². The van der Waals surface area contributed by atoms with Gasteiger partial charge >= 0.3 is 12.0 Å². The molecule has 1 aromatic carbocycles. The molecule has 0 radical (unpaired) electrons. The van der Waals surface area contributed by atoms with Crippen LogP contribution in [0.1, 0.15) is 29.4 Å². The highest BCUT2D eigenvalue weighted by molar-refractivity contribution is 5.77. The molecular weight excluding hydrogens is 327 g/mol. The SMILES string of the molecule is COC(=O)CCNC(=O)N1CCc2[nH]cnc2C1c1cccc(F)c1. The second-order valence-corrected chi connectivity index (χ2v) is 5.73. The van der Waals surface area contributed by atoms with Crippen LogP contribution in [0.25, 0.3) is 0 Å². The van der Waals surface area contributed by atoms with E-state index in [1.807, 2.05) is 0 Å². The zero-order valence-electron chi connectivity index (χ0n) is 13.8. The van der Waals surface area contributed by atoms with Gasteiger partial charge in [0.15, 0.2) is 0 Å². The Morgan fingerprint density at radius 3 is 3.08 bits per heavy atom. The zero-order chi connectivity index (χ0) is 17.8. The molecule has 25 heavy (non-hydrogen) atoms. The number of amides is 2. The van der Waals surface area contributed by atoms with Crippen molar-refractivity contribution in [2.45, 2.75) is 18.9 Å². The molecule has 0 saturated heterocycles. The van der Waals surface area contributed by atoms with Crippen LogP contribution < -0.4 is 5.32 Å². The van der Waals surface area contributed by atoms with Crippen LogP contribution in [0.5, 0.6) is 0 Å². The van der Waals surface area contributed by atoms with Crippen molar-refractivity contribution >= 4 is 12.0 Å². The van der Waals surface area contributed by atoms with Gasteiger partial charge in [0.1, 0.15) is 11.9 Å². The molecule has 0 fully saturated rings. The molecule has 1 atom stereocenters. The lowest BCUT2D eigenvalue weighted by Gasteiger charge is -2.35. The second kappa shape index (κ2) is 7.33. The summed E-state index contributed by atoms with van der Waals surface area (Å²) in [6.07, 6.45) is 2.30. The second-order valence-electron chi connectivity index (χ2n) is 5.73. The van der Waals surface area contributed by atoms with Gasteiger partial charge in [0.2, 0.25) is 0 Å². The van der Waals surface area contributed by atoms with Crippen molar-refractivity contribution in [1.29, 1.82) is 0 Å². The number of H-pyrrole nitrogens is 1. The van der Waals surface area contributed by atoms with E-state index in [1.54, 1.807) is 23.4 Å². The van der Waals surface area contributed by atoms with Crippen LogP contribution >= 0.6 is 0 Å². The normalized spacial score (nSPS) is 16.2. The largest absolute Gasteiger partial charge is 0.469 e. The number of carbonyl (C=O) groups is 2. The van der Waals surface area contributed by atoms with Crippen molar-refractivity contribution in [2.24, 2.45) is 0 Å². The Morgan fingerprint density at radius 2 is 2.32 bits per heavy atom. The Balaban J connectivity index is 1.82. The first-order chi connectivity index (χ1) is 12.1. The molecule has 7 nitrogen and oxygen atoms in total. The summed E-state index contributed by atoms with van der Waals surface area (Å²) in [5.41, 5.74) is 2.30. The number of imidazole rings is 1. The number of aromatic amines is 1. The van der Waals surface area contributed by atoms with Gasteiger partial charge in [-0.15, -0.1) is 0 Å². The van der Waals surface area contributed by atoms with Crippen molar-refractivity contribution < 1.29 is 18.7 Å². The number of fused-ring (bicyclic) bond motifs is 1. The molecule has 2 heterocycles. The van der Waals surface area contributed by atoms with Crippen LogP contribution in [0.3, 0.4) is 0 Å². The molecule has 0 bridgehead atoms. The Bertz CT molecular complexity index is 777. The van der Waals surface area contributed by atoms with Crippen molar-refractivity contribution in [1.82, 2.24) is 20.2 Å². The smallest absolute Gasteiger partial charge is 0.318 e. The van der Waals surface area contributed by atoms with Gasteiger partial charge in [-0.05, 0) is 17.7 Å². The van der Waals surface area contributed by atoms with Crippen molar-refractivity contribution in [3.05, 3.63) is 53.4 Å². The van der Waals surface area contributed by atoms with Crippen LogP contribution in [0.4, 0.5) is 9.18 Å². The fourth-order valence-electron chi connectivity index (χ4n) is 2.98. The van der Waals surface area contributed by atoms with Crippen LogP contribution in [-0.2, 0) is 16.0 Å². The van der Waals surface area contributed by atoms with Crippen molar-refractivity contribution in [2.75, 3.05) is 20.2 Å². The molecule has 1 unspecified atom stereocenters. The lowest BCUT2D eigenvalue weighted by Crippen LogP contribution is -2.46. The van der Waals surface area contributed by atoms with Crippen LogP contribution in [0, 0.1) is 5.82 Å². The summed E-state index contributed by atoms with van der Waals surface area (Å²) in [5.74, 6) is -0.763. The van der Waals surface area contributed by atoms with E-state index in [2.05, 4.69) is 20.0 Å². The number of rotatable bonds is 4. The van der Waals surface area contributed by atoms with Crippen molar-refractivity contribution in [3.8, 4) is 0 Å². The predicted molar refractivity (Wildman–Crippen MR) is 87.3 cm³/mol. The van der Waals surface area contributed by atoms with Crippen LogP contribution in [0.15, 0.2) is 30.6 Å². The minimum Gasteiger partial charge on any atom is -0.469 e. The van der Waals surface area contributed by atoms with Gasteiger partial charge in [0, 0.05) is 25.2 Å². The number of aromatic nitrogens is 2. The molecule has 3 rings (SSSR count). The van der Waals surface area contributed by atoms with E-state index in [-0.39, 0.29) is 24.8 Å². The van der Waals surface area contributed by atoms with E-state index in [4.69, 9.17) is 0 Å². The van der Waals surface area contributed by atoms with E-state index in [0.29, 0.717) is 24.2 Å². The number of ether oxygens (including phenoxy) is 1. The highest BCUT2D eigenvalue weighted by Crippen LogP contribution is 2.33. The Labute approximate surface area is 144 Å². The lowest BCUT2D eigenvalue weighted by atomic mass is 9.96. The Hall–Kier alpha value is -2.90. The predicted octanol–water partition coefficient (Wildman–Crippen LogP) is 1.77. The summed E-state index contributed by atoms with van der Waals surface area (Å²) in [4.78, 5) is 32.8. The van der Waals surface area contributed by atoms with Gasteiger partial charge < -0.3 is 19.9 Å². The molecule has 1 aliphatic heterocycles. The topological polar surface area (TPSA) is 87.3 Å². The van der Waals surface area contributed by atoms with E-state index in [0.717, 1.165) is 5.69 Å². The summed E-state index contributed by atoms with van der Waals surface area (Å²) in [5, 5.41) is 2.71. The molecule has 0 spiro atoms. The van der Waals surface area contributed by atoms with Gasteiger partial charge in [-0.25, -0.2) is 14.2 Å². The van der Waals surface area contributed by atoms with Crippen LogP contribution in [-0.4, -0.2) is 47.1 Å². The van der Waals surface area contributed by atoms with E-state index in [1.165, 1.54) is 19.2 Å². The third kappa shape index (κ3) is 3.62. The summed E-state index contributed by atoms with van der Waals surface area (Å²) >= 11 is 0. The Morgan fingerprint density at radius 1 is 1.48 bits per heavy atom.